The Morgan fingerprint density at radius 2 is 1.83 bits per heavy atom. The second-order valence-corrected chi connectivity index (χ2v) is 9.19. The molecule has 4 N–H and O–H groups in total. The number of aromatic nitrogens is 1. The third-order valence-electron chi connectivity index (χ3n) is 4.61. The molecular weight excluding hydrogens is 428 g/mol. The summed E-state index contributed by atoms with van der Waals surface area (Å²) in [6, 6.07) is 9.80. The third kappa shape index (κ3) is 3.53. The molecule has 2 aromatic carbocycles. The Bertz CT molecular complexity index is 1310. The van der Waals surface area contributed by atoms with Gasteiger partial charge in [-0.25, -0.2) is 8.42 Å². The Kier molecular flexibility index (Phi) is 4.79. The number of guanidine groups is 1. The van der Waals surface area contributed by atoms with Crippen LogP contribution in [0.2, 0.25) is 5.02 Å². The van der Waals surface area contributed by atoms with Crippen LogP contribution in [-0.2, 0) is 15.6 Å². The van der Waals surface area contributed by atoms with E-state index in [1.54, 1.807) is 19.1 Å². The highest BCUT2D eigenvalue weighted by Gasteiger charge is 2.31. The number of ether oxygens (including phenoxy) is 1. The fourth-order valence-corrected chi connectivity index (χ4v) is 5.15. The van der Waals surface area contributed by atoms with Gasteiger partial charge in [-0.3, -0.25) is 4.79 Å². The summed E-state index contributed by atoms with van der Waals surface area (Å²) < 4.78 is 34.2. The average molecular weight is 445 g/mol. The molecule has 10 heteroatoms. The van der Waals surface area contributed by atoms with E-state index in [1.807, 2.05) is 29.1 Å². The zero-order chi connectivity index (χ0) is 21.6. The van der Waals surface area contributed by atoms with E-state index in [0.717, 1.165) is 0 Å². The minimum absolute atomic E-state index is 0.0388. The number of hydrogen-bond donors (Lipinski definition) is 2. The predicted octanol–water partition coefficient (Wildman–Crippen LogP) is 2.93. The molecule has 0 bridgehead atoms. The Labute approximate surface area is 177 Å². The van der Waals surface area contributed by atoms with Gasteiger partial charge >= 0.3 is 0 Å². The van der Waals surface area contributed by atoms with Crippen molar-refractivity contribution in [3.8, 4) is 17.2 Å². The SMILES string of the molecule is Cc1cc(C(=O)N=C(N)N)cc2c1Oc1c(Cl)cc(-n3cccc3)cc1CS2(=O)=O. The van der Waals surface area contributed by atoms with Gasteiger partial charge < -0.3 is 20.8 Å². The van der Waals surface area contributed by atoms with Crippen LogP contribution in [0.1, 0.15) is 21.5 Å². The van der Waals surface area contributed by atoms with Crippen LogP contribution < -0.4 is 16.2 Å². The van der Waals surface area contributed by atoms with Crippen molar-refractivity contribution in [2.75, 3.05) is 0 Å². The van der Waals surface area contributed by atoms with Gasteiger partial charge in [0.05, 0.1) is 10.8 Å². The maximum Gasteiger partial charge on any atom is 0.280 e. The van der Waals surface area contributed by atoms with Gasteiger partial charge in [-0.1, -0.05) is 11.6 Å². The molecule has 1 aliphatic heterocycles. The van der Waals surface area contributed by atoms with E-state index in [2.05, 4.69) is 4.99 Å². The molecule has 0 radical (unpaired) electrons. The highest BCUT2D eigenvalue weighted by atomic mass is 35.5. The molecule has 0 saturated carbocycles. The molecule has 0 unspecified atom stereocenters. The van der Waals surface area contributed by atoms with Crippen LogP contribution in [0.15, 0.2) is 58.7 Å². The number of hydrogen-bond acceptors (Lipinski definition) is 4. The van der Waals surface area contributed by atoms with E-state index < -0.39 is 21.7 Å². The summed E-state index contributed by atoms with van der Waals surface area (Å²) in [6.45, 7) is 1.63. The van der Waals surface area contributed by atoms with Crippen molar-refractivity contribution < 1.29 is 17.9 Å². The zero-order valence-electron chi connectivity index (χ0n) is 15.8. The molecule has 154 valence electrons. The van der Waals surface area contributed by atoms with E-state index in [1.165, 1.54) is 12.1 Å². The van der Waals surface area contributed by atoms with E-state index in [4.69, 9.17) is 27.8 Å². The average Bonchev–Trinajstić information content (AvgIpc) is 3.15. The molecule has 1 aliphatic rings. The number of halogens is 1. The predicted molar refractivity (Wildman–Crippen MR) is 113 cm³/mol. The number of amides is 1. The van der Waals surface area contributed by atoms with Gasteiger partial charge in [0.25, 0.3) is 5.91 Å². The van der Waals surface area contributed by atoms with Crippen molar-refractivity contribution in [1.82, 2.24) is 4.57 Å². The van der Waals surface area contributed by atoms with Gasteiger partial charge in [0.2, 0.25) is 0 Å². The molecule has 0 saturated heterocycles. The number of nitrogens with two attached hydrogens (primary N) is 2. The molecule has 2 heterocycles. The highest BCUT2D eigenvalue weighted by molar-refractivity contribution is 7.90. The maximum absolute atomic E-state index is 13.2. The molecule has 1 amide bonds. The van der Waals surface area contributed by atoms with Gasteiger partial charge in [-0.15, -0.1) is 0 Å². The molecule has 0 fully saturated rings. The lowest BCUT2D eigenvalue weighted by molar-refractivity contribution is 0.100. The van der Waals surface area contributed by atoms with Gasteiger partial charge in [-0.05, 0) is 48.9 Å². The molecule has 30 heavy (non-hydrogen) atoms. The van der Waals surface area contributed by atoms with Crippen LogP contribution in [0.3, 0.4) is 0 Å². The van der Waals surface area contributed by atoms with Crippen molar-refractivity contribution in [1.29, 1.82) is 0 Å². The lowest BCUT2D eigenvalue weighted by Gasteiger charge is -2.14. The minimum atomic E-state index is -3.86. The number of rotatable bonds is 2. The van der Waals surface area contributed by atoms with Crippen molar-refractivity contribution in [2.45, 2.75) is 17.6 Å². The number of sulfone groups is 1. The normalized spacial score (nSPS) is 14.1. The fourth-order valence-electron chi connectivity index (χ4n) is 3.30. The van der Waals surface area contributed by atoms with Crippen molar-refractivity contribution >= 4 is 33.3 Å². The molecule has 4 rings (SSSR count). The lowest BCUT2D eigenvalue weighted by Crippen LogP contribution is -2.24. The van der Waals surface area contributed by atoms with Crippen LogP contribution >= 0.6 is 11.6 Å². The first-order chi connectivity index (χ1) is 14.2. The standard InChI is InChI=1S/C20H17ClN4O4S/c1-11-6-12(19(26)24-20(22)23)8-16-17(11)29-18-13(10-30(16,27)28)7-14(9-15(18)21)25-4-2-3-5-25/h2-9H,10H2,1H3,(H4,22,23,24,26). The maximum atomic E-state index is 13.2. The molecule has 0 atom stereocenters. The summed E-state index contributed by atoms with van der Waals surface area (Å²) in [6.07, 6.45) is 3.65. The van der Waals surface area contributed by atoms with E-state index in [-0.39, 0.29) is 32.7 Å². The van der Waals surface area contributed by atoms with E-state index in [0.29, 0.717) is 16.8 Å². The molecule has 1 aromatic heterocycles. The number of carbonyl (C=O) groups excluding carboxylic acids is 1. The van der Waals surface area contributed by atoms with E-state index >= 15 is 0 Å². The summed E-state index contributed by atoms with van der Waals surface area (Å²) in [5.41, 5.74) is 12.1. The summed E-state index contributed by atoms with van der Waals surface area (Å²) >= 11 is 6.45. The first-order valence-corrected chi connectivity index (χ1v) is 10.8. The van der Waals surface area contributed by atoms with Crippen molar-refractivity contribution in [2.24, 2.45) is 16.5 Å². The topological polar surface area (TPSA) is 130 Å². The summed E-state index contributed by atoms with van der Waals surface area (Å²) in [5, 5.41) is 0.277. The molecule has 0 aliphatic carbocycles. The number of carbonyl (C=O) groups is 1. The first-order valence-electron chi connectivity index (χ1n) is 8.81. The number of aryl methyl sites for hydroxylation is 1. The molecule has 0 spiro atoms. The first kappa shape index (κ1) is 20.0. The number of benzene rings is 2. The Morgan fingerprint density at radius 1 is 1.13 bits per heavy atom. The summed E-state index contributed by atoms with van der Waals surface area (Å²) in [4.78, 5) is 15.6. The van der Waals surface area contributed by atoms with Crippen molar-refractivity contribution in [3.05, 3.63) is 70.5 Å². The lowest BCUT2D eigenvalue weighted by atomic mass is 10.1. The van der Waals surface area contributed by atoms with Crippen LogP contribution in [-0.4, -0.2) is 24.9 Å². The fraction of sp³-hybridized carbons (Fsp3) is 0.100. The Balaban J connectivity index is 1.88. The van der Waals surface area contributed by atoms with Gasteiger partial charge in [0.15, 0.2) is 15.8 Å². The summed E-state index contributed by atoms with van der Waals surface area (Å²) in [7, 11) is -3.86. The smallest absolute Gasteiger partial charge is 0.280 e. The summed E-state index contributed by atoms with van der Waals surface area (Å²) in [5.74, 6) is -1.12. The molecular formula is C20H17ClN4O4S. The monoisotopic (exact) mass is 444 g/mol. The Morgan fingerprint density at radius 3 is 2.50 bits per heavy atom. The van der Waals surface area contributed by atoms with Gasteiger partial charge in [-0.2, -0.15) is 4.99 Å². The van der Waals surface area contributed by atoms with Crippen LogP contribution in [0.4, 0.5) is 0 Å². The number of aliphatic imine (C=N–C) groups is 1. The van der Waals surface area contributed by atoms with E-state index in [9.17, 15) is 13.2 Å². The third-order valence-corrected chi connectivity index (χ3v) is 6.56. The zero-order valence-corrected chi connectivity index (χ0v) is 17.4. The Hall–Kier alpha value is -3.30. The molecule has 8 nitrogen and oxygen atoms in total. The molecule has 3 aromatic rings. The van der Waals surface area contributed by atoms with Crippen LogP contribution in [0, 0.1) is 6.92 Å². The second-order valence-electron chi connectivity index (χ2n) is 6.83. The quantitative estimate of drug-likeness (QED) is 0.461. The van der Waals surface area contributed by atoms with Gasteiger partial charge in [0.1, 0.15) is 16.4 Å². The van der Waals surface area contributed by atoms with Crippen LogP contribution in [0.25, 0.3) is 5.69 Å². The number of fused-ring (bicyclic) bond motifs is 2. The minimum Gasteiger partial charge on any atom is -0.454 e. The van der Waals surface area contributed by atoms with Crippen LogP contribution in [0.5, 0.6) is 11.5 Å². The highest BCUT2D eigenvalue weighted by Crippen LogP contribution is 2.44. The number of nitrogens with zero attached hydrogens (tertiary/aromatic N) is 2. The van der Waals surface area contributed by atoms with Gasteiger partial charge in [0, 0.05) is 29.2 Å². The second kappa shape index (κ2) is 7.19. The van der Waals surface area contributed by atoms with Crippen molar-refractivity contribution in [3.63, 3.8) is 0 Å². The largest absolute Gasteiger partial charge is 0.454 e.